The van der Waals surface area contributed by atoms with Crippen molar-refractivity contribution in [2.45, 2.75) is 30.7 Å². The maximum absolute atomic E-state index is 13.1. The topological polar surface area (TPSA) is 66.5 Å². The summed E-state index contributed by atoms with van der Waals surface area (Å²) in [7, 11) is -3.92. The van der Waals surface area contributed by atoms with Crippen LogP contribution in [-0.2, 0) is 14.8 Å². The van der Waals surface area contributed by atoms with E-state index in [1.54, 1.807) is 4.90 Å². The van der Waals surface area contributed by atoms with Gasteiger partial charge in [-0.25, -0.2) is 12.8 Å². The molecule has 1 atom stereocenters. The number of sulfonamides is 1. The Hall–Kier alpha value is -1.18. The van der Waals surface area contributed by atoms with Gasteiger partial charge in [0.15, 0.2) is 0 Å². The monoisotopic (exact) mass is 334 g/mol. The summed E-state index contributed by atoms with van der Waals surface area (Å²) in [6, 6.07) is 2.23. The van der Waals surface area contributed by atoms with Crippen molar-refractivity contribution in [3.8, 4) is 0 Å². The largest absolute Gasteiger partial charge is 0.341 e. The van der Waals surface area contributed by atoms with E-state index in [9.17, 15) is 17.6 Å². The van der Waals surface area contributed by atoms with E-state index in [4.69, 9.17) is 11.6 Å². The molecule has 21 heavy (non-hydrogen) atoms. The van der Waals surface area contributed by atoms with Crippen LogP contribution in [-0.4, -0.2) is 38.4 Å². The van der Waals surface area contributed by atoms with Crippen LogP contribution < -0.4 is 4.72 Å². The van der Waals surface area contributed by atoms with E-state index < -0.39 is 21.9 Å². The number of rotatable bonds is 4. The minimum Gasteiger partial charge on any atom is -0.341 e. The summed E-state index contributed by atoms with van der Waals surface area (Å²) < 4.78 is 39.7. The highest BCUT2D eigenvalue weighted by molar-refractivity contribution is 7.89. The van der Waals surface area contributed by atoms with E-state index in [2.05, 4.69) is 4.72 Å². The summed E-state index contributed by atoms with van der Waals surface area (Å²) in [6.45, 7) is 2.78. The minimum absolute atomic E-state index is 0.171. The van der Waals surface area contributed by atoms with Crippen LogP contribution in [0.4, 0.5) is 4.39 Å². The number of carbonyl (C=O) groups is 1. The molecule has 1 aromatic carbocycles. The van der Waals surface area contributed by atoms with Gasteiger partial charge in [0.1, 0.15) is 5.82 Å². The van der Waals surface area contributed by atoms with Gasteiger partial charge in [-0.15, -0.1) is 0 Å². The Labute approximate surface area is 128 Å². The molecule has 0 bridgehead atoms. The number of benzene rings is 1. The number of carbonyl (C=O) groups excluding carboxylic acids is 1. The predicted octanol–water partition coefficient (Wildman–Crippen LogP) is 1.77. The van der Waals surface area contributed by atoms with Crippen molar-refractivity contribution in [2.75, 3.05) is 13.1 Å². The number of nitrogens with one attached hydrogen (secondary N) is 1. The van der Waals surface area contributed by atoms with Crippen molar-refractivity contribution in [3.63, 3.8) is 0 Å². The van der Waals surface area contributed by atoms with Gasteiger partial charge in [0, 0.05) is 13.1 Å². The number of amides is 1. The summed E-state index contributed by atoms with van der Waals surface area (Å²) in [5, 5.41) is -0.281. The lowest BCUT2D eigenvalue weighted by molar-refractivity contribution is -0.131. The molecule has 1 amide bonds. The van der Waals surface area contributed by atoms with Crippen molar-refractivity contribution in [2.24, 2.45) is 0 Å². The van der Waals surface area contributed by atoms with Crippen molar-refractivity contribution in [3.05, 3.63) is 29.0 Å². The number of nitrogens with zero attached hydrogens (tertiary/aromatic N) is 1. The molecule has 5 nitrogen and oxygen atoms in total. The van der Waals surface area contributed by atoms with Crippen molar-refractivity contribution in [1.29, 1.82) is 0 Å². The number of halogens is 2. The summed E-state index contributed by atoms with van der Waals surface area (Å²) in [4.78, 5) is 13.5. The molecule has 1 aromatic rings. The van der Waals surface area contributed by atoms with Crippen molar-refractivity contribution >= 4 is 27.5 Å². The zero-order valence-electron chi connectivity index (χ0n) is 11.5. The fraction of sp³-hybridized carbons (Fsp3) is 0.462. The number of likely N-dealkylation sites (tertiary alicyclic amines) is 1. The first-order chi connectivity index (χ1) is 9.81. The highest BCUT2D eigenvalue weighted by Gasteiger charge is 2.27. The van der Waals surface area contributed by atoms with Crippen LogP contribution >= 0.6 is 11.6 Å². The highest BCUT2D eigenvalue weighted by Crippen LogP contribution is 2.19. The first kappa shape index (κ1) is 16.2. The fourth-order valence-electron chi connectivity index (χ4n) is 2.21. The Kier molecular flexibility index (Phi) is 4.85. The molecule has 2 rings (SSSR count). The lowest BCUT2D eigenvalue weighted by atomic mass is 10.3. The minimum atomic E-state index is -3.92. The van der Waals surface area contributed by atoms with Crippen LogP contribution in [0.3, 0.4) is 0 Å². The zero-order chi connectivity index (χ0) is 15.6. The first-order valence-electron chi connectivity index (χ1n) is 6.57. The first-order valence-corrected chi connectivity index (χ1v) is 8.43. The van der Waals surface area contributed by atoms with Gasteiger partial charge in [-0.3, -0.25) is 4.79 Å². The van der Waals surface area contributed by atoms with Gasteiger partial charge in [-0.2, -0.15) is 4.72 Å². The molecule has 0 aliphatic carbocycles. The molecule has 116 valence electrons. The van der Waals surface area contributed by atoms with Gasteiger partial charge in [-0.05, 0) is 38.0 Å². The molecule has 0 unspecified atom stereocenters. The summed E-state index contributed by atoms with van der Waals surface area (Å²) in [5.41, 5.74) is 0. The van der Waals surface area contributed by atoms with Crippen LogP contribution in [0, 0.1) is 5.82 Å². The molecule has 1 aliphatic heterocycles. The third-order valence-electron chi connectivity index (χ3n) is 3.32. The second kappa shape index (κ2) is 6.29. The summed E-state index contributed by atoms with van der Waals surface area (Å²) in [5.74, 6) is -0.957. The Morgan fingerprint density at radius 1 is 1.38 bits per heavy atom. The van der Waals surface area contributed by atoms with E-state index in [1.807, 2.05) is 0 Å². The predicted molar refractivity (Wildman–Crippen MR) is 77.0 cm³/mol. The lowest BCUT2D eigenvalue weighted by Gasteiger charge is -2.21. The maximum atomic E-state index is 13.1. The normalized spacial score (nSPS) is 17.0. The SMILES string of the molecule is C[C@H](NS(=O)(=O)c1ccc(F)c(Cl)c1)C(=O)N1CCCC1. The van der Waals surface area contributed by atoms with E-state index in [1.165, 1.54) is 6.92 Å². The maximum Gasteiger partial charge on any atom is 0.241 e. The Balaban J connectivity index is 2.12. The van der Waals surface area contributed by atoms with Gasteiger partial charge < -0.3 is 4.90 Å². The quantitative estimate of drug-likeness (QED) is 0.912. The Bertz CT molecular complexity index is 645. The second-order valence-corrected chi connectivity index (χ2v) is 7.07. The fourth-order valence-corrected chi connectivity index (χ4v) is 3.67. The van der Waals surface area contributed by atoms with Crippen LogP contribution in [0.5, 0.6) is 0 Å². The van der Waals surface area contributed by atoms with Crippen LogP contribution in [0.15, 0.2) is 23.1 Å². The molecular weight excluding hydrogens is 319 g/mol. The van der Waals surface area contributed by atoms with E-state index in [0.717, 1.165) is 31.0 Å². The van der Waals surface area contributed by atoms with Crippen LogP contribution in [0.2, 0.25) is 5.02 Å². The highest BCUT2D eigenvalue weighted by atomic mass is 35.5. The van der Waals surface area contributed by atoms with Crippen LogP contribution in [0.25, 0.3) is 0 Å². The molecule has 0 radical (unpaired) electrons. The lowest BCUT2D eigenvalue weighted by Crippen LogP contribution is -2.45. The molecule has 1 saturated heterocycles. The third kappa shape index (κ3) is 3.72. The molecule has 1 aliphatic rings. The number of hydrogen-bond donors (Lipinski definition) is 1. The Morgan fingerprint density at radius 2 is 2.00 bits per heavy atom. The molecule has 0 aromatic heterocycles. The van der Waals surface area contributed by atoms with Crippen molar-refractivity contribution < 1.29 is 17.6 Å². The van der Waals surface area contributed by atoms with E-state index in [0.29, 0.717) is 13.1 Å². The zero-order valence-corrected chi connectivity index (χ0v) is 13.0. The summed E-state index contributed by atoms with van der Waals surface area (Å²) >= 11 is 5.58. The smallest absolute Gasteiger partial charge is 0.241 e. The van der Waals surface area contributed by atoms with Gasteiger partial charge in [0.25, 0.3) is 0 Å². The van der Waals surface area contributed by atoms with Gasteiger partial charge >= 0.3 is 0 Å². The molecular formula is C13H16ClFN2O3S. The van der Waals surface area contributed by atoms with Gasteiger partial charge in [-0.1, -0.05) is 11.6 Å². The molecule has 8 heteroatoms. The van der Waals surface area contributed by atoms with E-state index >= 15 is 0 Å². The average Bonchev–Trinajstić information content (AvgIpc) is 2.94. The molecule has 1 N–H and O–H groups in total. The average molecular weight is 335 g/mol. The van der Waals surface area contributed by atoms with E-state index in [-0.39, 0.29) is 15.8 Å². The molecule has 0 spiro atoms. The third-order valence-corrected chi connectivity index (χ3v) is 5.15. The Morgan fingerprint density at radius 3 is 2.57 bits per heavy atom. The second-order valence-electron chi connectivity index (χ2n) is 4.95. The standard InChI is InChI=1S/C13H16ClFN2O3S/c1-9(13(18)17-6-2-3-7-17)16-21(19,20)10-4-5-12(15)11(14)8-10/h4-5,8-9,16H,2-3,6-7H2,1H3/t9-/m0/s1. The van der Waals surface area contributed by atoms with Gasteiger partial charge in [0.2, 0.25) is 15.9 Å². The summed E-state index contributed by atoms with van der Waals surface area (Å²) in [6.07, 6.45) is 1.86. The molecule has 1 heterocycles. The van der Waals surface area contributed by atoms with Crippen LogP contribution in [0.1, 0.15) is 19.8 Å². The molecule has 0 saturated carbocycles. The molecule has 1 fully saturated rings. The van der Waals surface area contributed by atoms with Crippen molar-refractivity contribution in [1.82, 2.24) is 9.62 Å². The van der Waals surface area contributed by atoms with Gasteiger partial charge in [0.05, 0.1) is 16.0 Å². The number of hydrogen-bond acceptors (Lipinski definition) is 3.